The van der Waals surface area contributed by atoms with Gasteiger partial charge >= 0.3 is 0 Å². The number of piperidine rings is 1. The molecule has 0 atom stereocenters. The summed E-state index contributed by atoms with van der Waals surface area (Å²) in [6.07, 6.45) is 2.35. The van der Waals surface area contributed by atoms with Gasteiger partial charge < -0.3 is 15.2 Å². The number of benzene rings is 1. The van der Waals surface area contributed by atoms with Gasteiger partial charge in [-0.25, -0.2) is 0 Å². The Kier molecular flexibility index (Phi) is 3.80. The minimum Gasteiger partial charge on any atom is -0.338 e. The molecule has 0 amide bonds. The van der Waals surface area contributed by atoms with Crippen LogP contribution < -0.4 is 5.73 Å². The van der Waals surface area contributed by atoms with Crippen molar-refractivity contribution in [1.82, 2.24) is 15.0 Å². The predicted octanol–water partition coefficient (Wildman–Crippen LogP) is 2.00. The van der Waals surface area contributed by atoms with Crippen LogP contribution in [0.25, 0.3) is 11.4 Å². The summed E-state index contributed by atoms with van der Waals surface area (Å²) >= 11 is 0. The van der Waals surface area contributed by atoms with Gasteiger partial charge in [-0.3, -0.25) is 0 Å². The highest BCUT2D eigenvalue weighted by molar-refractivity contribution is 5.60. The van der Waals surface area contributed by atoms with Crippen LogP contribution in [0.1, 0.15) is 30.2 Å². The van der Waals surface area contributed by atoms with Crippen molar-refractivity contribution in [2.45, 2.75) is 25.3 Å². The van der Waals surface area contributed by atoms with Gasteiger partial charge in [0.05, 0.1) is 6.54 Å². The van der Waals surface area contributed by atoms with Crippen LogP contribution in [0.5, 0.6) is 0 Å². The Morgan fingerprint density at radius 3 is 2.75 bits per heavy atom. The van der Waals surface area contributed by atoms with Crippen molar-refractivity contribution in [2.24, 2.45) is 5.73 Å². The van der Waals surface area contributed by atoms with Gasteiger partial charge in [0.1, 0.15) is 0 Å². The second-order valence-corrected chi connectivity index (χ2v) is 5.38. The number of hydrogen-bond acceptors (Lipinski definition) is 5. The fourth-order valence-electron chi connectivity index (χ4n) is 2.82. The molecule has 20 heavy (non-hydrogen) atoms. The maximum Gasteiger partial charge on any atom is 0.240 e. The van der Waals surface area contributed by atoms with E-state index in [0.717, 1.165) is 18.7 Å². The van der Waals surface area contributed by atoms with E-state index in [1.54, 1.807) is 0 Å². The molecule has 0 saturated carbocycles. The molecule has 1 aromatic heterocycles. The van der Waals surface area contributed by atoms with E-state index >= 15 is 0 Å². The van der Waals surface area contributed by atoms with Gasteiger partial charge in [0, 0.05) is 5.56 Å². The minimum absolute atomic E-state index is 0.281. The summed E-state index contributed by atoms with van der Waals surface area (Å²) in [6.45, 7) is 2.56. The zero-order valence-electron chi connectivity index (χ0n) is 11.7. The average Bonchev–Trinajstić information content (AvgIpc) is 2.97. The van der Waals surface area contributed by atoms with Crippen molar-refractivity contribution in [2.75, 3.05) is 20.1 Å². The molecule has 1 aliphatic heterocycles. The van der Waals surface area contributed by atoms with Crippen LogP contribution in [0.4, 0.5) is 0 Å². The molecule has 0 bridgehead atoms. The molecular formula is C15H20N4O. The summed E-state index contributed by atoms with van der Waals surface area (Å²) in [5.74, 6) is 1.71. The molecule has 0 aliphatic carbocycles. The third kappa shape index (κ3) is 2.59. The van der Waals surface area contributed by atoms with Gasteiger partial charge in [0.2, 0.25) is 11.7 Å². The Hall–Kier alpha value is -1.72. The third-order valence-electron chi connectivity index (χ3n) is 4.00. The quantitative estimate of drug-likeness (QED) is 0.925. The lowest BCUT2D eigenvalue weighted by atomic mass is 9.86. The molecule has 2 aromatic rings. The molecule has 3 rings (SSSR count). The van der Waals surface area contributed by atoms with E-state index in [4.69, 9.17) is 10.3 Å². The Bertz CT molecular complexity index is 573. The lowest BCUT2D eigenvalue weighted by Crippen LogP contribution is -2.29. The molecule has 5 heteroatoms. The summed E-state index contributed by atoms with van der Waals surface area (Å²) in [5.41, 5.74) is 7.93. The molecular weight excluding hydrogens is 252 g/mol. The number of rotatable bonds is 3. The standard InChI is InChI=1S/C15H20N4O/c1-19-8-6-11(7-9-19)12-4-2-3-5-13(12)15-17-14(10-16)20-18-15/h2-5,11H,6-10,16H2,1H3. The van der Waals surface area contributed by atoms with Crippen LogP contribution in [0.3, 0.4) is 0 Å². The van der Waals surface area contributed by atoms with Gasteiger partial charge in [0.15, 0.2) is 0 Å². The predicted molar refractivity (Wildman–Crippen MR) is 77.1 cm³/mol. The van der Waals surface area contributed by atoms with E-state index in [0.29, 0.717) is 17.6 Å². The summed E-state index contributed by atoms with van der Waals surface area (Å²) in [6, 6.07) is 8.36. The molecule has 0 spiro atoms. The van der Waals surface area contributed by atoms with Crippen LogP contribution in [0.2, 0.25) is 0 Å². The third-order valence-corrected chi connectivity index (χ3v) is 4.00. The molecule has 1 aromatic carbocycles. The Balaban J connectivity index is 1.91. The molecule has 5 nitrogen and oxygen atoms in total. The van der Waals surface area contributed by atoms with E-state index in [1.165, 1.54) is 18.4 Å². The van der Waals surface area contributed by atoms with Crippen molar-refractivity contribution in [3.05, 3.63) is 35.7 Å². The highest BCUT2D eigenvalue weighted by Gasteiger charge is 2.22. The maximum absolute atomic E-state index is 5.54. The van der Waals surface area contributed by atoms with Crippen molar-refractivity contribution in [3.63, 3.8) is 0 Å². The van der Waals surface area contributed by atoms with Gasteiger partial charge in [-0.15, -0.1) is 0 Å². The van der Waals surface area contributed by atoms with Crippen molar-refractivity contribution in [1.29, 1.82) is 0 Å². The normalized spacial score (nSPS) is 17.5. The lowest BCUT2D eigenvalue weighted by Gasteiger charge is -2.30. The lowest BCUT2D eigenvalue weighted by molar-refractivity contribution is 0.255. The minimum atomic E-state index is 0.281. The van der Waals surface area contributed by atoms with E-state index < -0.39 is 0 Å². The first kappa shape index (κ1) is 13.3. The molecule has 106 valence electrons. The summed E-state index contributed by atoms with van der Waals surface area (Å²) < 4.78 is 5.13. The van der Waals surface area contributed by atoms with Gasteiger partial charge in [0.25, 0.3) is 0 Å². The fourth-order valence-corrected chi connectivity index (χ4v) is 2.82. The van der Waals surface area contributed by atoms with Crippen LogP contribution in [-0.2, 0) is 6.54 Å². The van der Waals surface area contributed by atoms with Crippen molar-refractivity contribution < 1.29 is 4.52 Å². The molecule has 1 fully saturated rings. The second kappa shape index (κ2) is 5.73. The zero-order valence-corrected chi connectivity index (χ0v) is 11.7. The van der Waals surface area contributed by atoms with Crippen LogP contribution in [-0.4, -0.2) is 35.2 Å². The summed E-state index contributed by atoms with van der Waals surface area (Å²) in [4.78, 5) is 6.73. The SMILES string of the molecule is CN1CCC(c2ccccc2-c2noc(CN)n2)CC1. The second-order valence-electron chi connectivity index (χ2n) is 5.38. The highest BCUT2D eigenvalue weighted by Crippen LogP contribution is 2.33. The van der Waals surface area contributed by atoms with E-state index in [-0.39, 0.29) is 6.54 Å². The number of aromatic nitrogens is 2. The van der Waals surface area contributed by atoms with Crippen molar-refractivity contribution in [3.8, 4) is 11.4 Å². The molecule has 2 heterocycles. The highest BCUT2D eigenvalue weighted by atomic mass is 16.5. The number of nitrogens with two attached hydrogens (primary N) is 1. The summed E-state index contributed by atoms with van der Waals surface area (Å²) in [7, 11) is 2.18. The van der Waals surface area contributed by atoms with Crippen LogP contribution in [0.15, 0.2) is 28.8 Å². The number of hydrogen-bond donors (Lipinski definition) is 1. The largest absolute Gasteiger partial charge is 0.338 e. The van der Waals surface area contributed by atoms with Gasteiger partial charge in [-0.2, -0.15) is 4.98 Å². The van der Waals surface area contributed by atoms with E-state index in [9.17, 15) is 0 Å². The van der Waals surface area contributed by atoms with Crippen LogP contribution in [0, 0.1) is 0 Å². The van der Waals surface area contributed by atoms with Gasteiger partial charge in [-0.1, -0.05) is 29.4 Å². The Labute approximate surface area is 118 Å². The van der Waals surface area contributed by atoms with Crippen molar-refractivity contribution >= 4 is 0 Å². The fraction of sp³-hybridized carbons (Fsp3) is 0.467. The summed E-state index contributed by atoms with van der Waals surface area (Å²) in [5, 5.41) is 4.05. The first-order valence-corrected chi connectivity index (χ1v) is 7.08. The molecule has 0 radical (unpaired) electrons. The molecule has 1 aliphatic rings. The topological polar surface area (TPSA) is 68.2 Å². The monoisotopic (exact) mass is 272 g/mol. The first-order chi connectivity index (χ1) is 9.78. The average molecular weight is 272 g/mol. The van der Waals surface area contributed by atoms with E-state index in [1.807, 2.05) is 6.07 Å². The Morgan fingerprint density at radius 1 is 1.30 bits per heavy atom. The molecule has 2 N–H and O–H groups in total. The number of nitrogens with zero attached hydrogens (tertiary/aromatic N) is 3. The molecule has 1 saturated heterocycles. The smallest absolute Gasteiger partial charge is 0.240 e. The van der Waals surface area contributed by atoms with Crippen LogP contribution >= 0.6 is 0 Å². The Morgan fingerprint density at radius 2 is 2.05 bits per heavy atom. The first-order valence-electron chi connectivity index (χ1n) is 7.08. The molecule has 0 unspecified atom stereocenters. The zero-order chi connectivity index (χ0) is 13.9. The van der Waals surface area contributed by atoms with E-state index in [2.05, 4.69) is 40.3 Å². The van der Waals surface area contributed by atoms with Gasteiger partial charge in [-0.05, 0) is 44.5 Å². The number of likely N-dealkylation sites (tertiary alicyclic amines) is 1. The maximum atomic E-state index is 5.54.